The highest BCUT2D eigenvalue weighted by molar-refractivity contribution is 5.83. The molecule has 1 aromatic carbocycles. The van der Waals surface area contributed by atoms with Crippen LogP contribution in [0.5, 0.6) is 0 Å². The number of guanidine groups is 1. The summed E-state index contributed by atoms with van der Waals surface area (Å²) in [6.45, 7) is 4.10. The molecule has 0 fully saturated rings. The van der Waals surface area contributed by atoms with Crippen molar-refractivity contribution >= 4 is 16.9 Å². The molecule has 0 aliphatic carbocycles. The highest BCUT2D eigenvalue weighted by Crippen LogP contribution is 2.19. The fraction of sp³-hybridized carbons (Fsp3) is 0.353. The number of hydrogen-bond acceptors (Lipinski definition) is 3. The SMILES string of the molecule is CCn1cnnc1CNC(=NC)NCCc1c[nH]c2ccc(F)cc12. The van der Waals surface area contributed by atoms with Gasteiger partial charge in [-0.3, -0.25) is 4.99 Å². The zero-order chi connectivity index (χ0) is 17.6. The molecular formula is C17H22FN7. The molecule has 0 aliphatic rings. The summed E-state index contributed by atoms with van der Waals surface area (Å²) in [6.07, 6.45) is 4.39. The fourth-order valence-corrected chi connectivity index (χ4v) is 2.74. The first-order valence-electron chi connectivity index (χ1n) is 8.28. The molecule has 25 heavy (non-hydrogen) atoms. The second-order valence-corrected chi connectivity index (χ2v) is 5.64. The summed E-state index contributed by atoms with van der Waals surface area (Å²) in [5.41, 5.74) is 2.01. The molecule has 0 aliphatic heterocycles. The van der Waals surface area contributed by atoms with Crippen LogP contribution in [-0.2, 0) is 19.5 Å². The molecule has 0 radical (unpaired) electrons. The summed E-state index contributed by atoms with van der Waals surface area (Å²) in [6, 6.07) is 4.78. The van der Waals surface area contributed by atoms with Crippen molar-refractivity contribution in [1.82, 2.24) is 30.4 Å². The number of halogens is 1. The van der Waals surface area contributed by atoms with Gasteiger partial charge >= 0.3 is 0 Å². The van der Waals surface area contributed by atoms with E-state index in [1.165, 1.54) is 6.07 Å². The molecule has 3 rings (SSSR count). The summed E-state index contributed by atoms with van der Waals surface area (Å²) in [7, 11) is 1.72. The van der Waals surface area contributed by atoms with E-state index < -0.39 is 0 Å². The van der Waals surface area contributed by atoms with Crippen LogP contribution >= 0.6 is 0 Å². The van der Waals surface area contributed by atoms with E-state index >= 15 is 0 Å². The lowest BCUT2D eigenvalue weighted by atomic mass is 10.1. The fourth-order valence-electron chi connectivity index (χ4n) is 2.74. The number of aliphatic imine (C=N–C) groups is 1. The number of nitrogens with zero attached hydrogens (tertiary/aromatic N) is 4. The van der Waals surface area contributed by atoms with E-state index in [-0.39, 0.29) is 5.82 Å². The third-order valence-corrected chi connectivity index (χ3v) is 4.09. The van der Waals surface area contributed by atoms with Crippen molar-refractivity contribution in [1.29, 1.82) is 0 Å². The van der Waals surface area contributed by atoms with E-state index in [1.807, 2.05) is 17.7 Å². The number of fused-ring (bicyclic) bond motifs is 1. The van der Waals surface area contributed by atoms with Crippen LogP contribution in [0.4, 0.5) is 4.39 Å². The molecule has 0 saturated heterocycles. The van der Waals surface area contributed by atoms with Crippen molar-refractivity contribution in [3.8, 4) is 0 Å². The third kappa shape index (κ3) is 3.96. The third-order valence-electron chi connectivity index (χ3n) is 4.09. The molecule has 8 heteroatoms. The number of aromatic nitrogens is 4. The molecule has 0 amide bonds. The quantitative estimate of drug-likeness (QED) is 0.471. The van der Waals surface area contributed by atoms with Crippen molar-refractivity contribution < 1.29 is 4.39 Å². The van der Waals surface area contributed by atoms with Crippen molar-refractivity contribution in [3.63, 3.8) is 0 Å². The van der Waals surface area contributed by atoms with E-state index in [2.05, 4.69) is 30.8 Å². The Bertz CT molecular complexity index is 865. The average Bonchev–Trinajstić information content (AvgIpc) is 3.24. The van der Waals surface area contributed by atoms with Gasteiger partial charge in [0.2, 0.25) is 0 Å². The van der Waals surface area contributed by atoms with Gasteiger partial charge in [-0.25, -0.2) is 4.39 Å². The molecule has 2 heterocycles. The van der Waals surface area contributed by atoms with Crippen LogP contribution in [0.25, 0.3) is 10.9 Å². The monoisotopic (exact) mass is 343 g/mol. The van der Waals surface area contributed by atoms with Gasteiger partial charge in [0.15, 0.2) is 11.8 Å². The van der Waals surface area contributed by atoms with Crippen LogP contribution in [0, 0.1) is 5.82 Å². The first-order valence-corrected chi connectivity index (χ1v) is 8.28. The number of rotatable bonds is 6. The van der Waals surface area contributed by atoms with Crippen molar-refractivity contribution in [2.24, 2.45) is 4.99 Å². The van der Waals surface area contributed by atoms with Crippen LogP contribution in [-0.4, -0.2) is 39.3 Å². The number of nitrogens with one attached hydrogen (secondary N) is 3. The highest BCUT2D eigenvalue weighted by atomic mass is 19.1. The summed E-state index contributed by atoms with van der Waals surface area (Å²) < 4.78 is 15.4. The Morgan fingerprint density at radius 2 is 2.24 bits per heavy atom. The number of aryl methyl sites for hydroxylation is 1. The second-order valence-electron chi connectivity index (χ2n) is 5.64. The van der Waals surface area contributed by atoms with Gasteiger partial charge in [-0.1, -0.05) is 0 Å². The molecule has 3 aromatic rings. The first-order chi connectivity index (χ1) is 12.2. The Balaban J connectivity index is 1.53. The zero-order valence-electron chi connectivity index (χ0n) is 14.4. The predicted octanol–water partition coefficient (Wildman–Crippen LogP) is 1.83. The topological polar surface area (TPSA) is 82.9 Å². The molecule has 132 valence electrons. The van der Waals surface area contributed by atoms with Crippen molar-refractivity contribution in [2.45, 2.75) is 26.4 Å². The second kappa shape index (κ2) is 7.78. The number of H-pyrrole nitrogens is 1. The molecule has 3 N–H and O–H groups in total. The first kappa shape index (κ1) is 16.9. The van der Waals surface area contributed by atoms with Crippen molar-refractivity contribution in [2.75, 3.05) is 13.6 Å². The molecule has 0 unspecified atom stereocenters. The number of hydrogen-bond donors (Lipinski definition) is 3. The highest BCUT2D eigenvalue weighted by Gasteiger charge is 2.07. The number of benzene rings is 1. The van der Waals surface area contributed by atoms with Gasteiger partial charge in [-0.15, -0.1) is 10.2 Å². The van der Waals surface area contributed by atoms with E-state index in [0.29, 0.717) is 19.0 Å². The van der Waals surface area contributed by atoms with Gasteiger partial charge in [0, 0.05) is 37.2 Å². The Morgan fingerprint density at radius 1 is 1.36 bits per heavy atom. The maximum absolute atomic E-state index is 13.4. The van der Waals surface area contributed by atoms with Gasteiger partial charge in [-0.05, 0) is 37.1 Å². The lowest BCUT2D eigenvalue weighted by Gasteiger charge is -2.11. The predicted molar refractivity (Wildman–Crippen MR) is 95.9 cm³/mol. The molecule has 0 atom stereocenters. The van der Waals surface area contributed by atoms with Crippen LogP contribution < -0.4 is 10.6 Å². The lowest BCUT2D eigenvalue weighted by molar-refractivity contribution is 0.629. The molecule has 0 bridgehead atoms. The summed E-state index contributed by atoms with van der Waals surface area (Å²) in [4.78, 5) is 7.37. The van der Waals surface area contributed by atoms with Gasteiger partial charge in [-0.2, -0.15) is 0 Å². The minimum Gasteiger partial charge on any atom is -0.361 e. The van der Waals surface area contributed by atoms with Crippen LogP contribution in [0.1, 0.15) is 18.3 Å². The maximum atomic E-state index is 13.4. The Hall–Kier alpha value is -2.90. The molecular weight excluding hydrogens is 321 g/mol. The van der Waals surface area contributed by atoms with Crippen LogP contribution in [0.2, 0.25) is 0 Å². The number of aromatic amines is 1. The zero-order valence-corrected chi connectivity index (χ0v) is 14.4. The summed E-state index contributed by atoms with van der Waals surface area (Å²) >= 11 is 0. The summed E-state index contributed by atoms with van der Waals surface area (Å²) in [5, 5.41) is 15.4. The minimum atomic E-state index is -0.223. The summed E-state index contributed by atoms with van der Waals surface area (Å²) in [5.74, 6) is 1.33. The molecule has 0 spiro atoms. The van der Waals surface area contributed by atoms with Crippen molar-refractivity contribution in [3.05, 3.63) is 47.9 Å². The normalized spacial score (nSPS) is 11.9. The van der Waals surface area contributed by atoms with Crippen LogP contribution in [0.15, 0.2) is 35.7 Å². The van der Waals surface area contributed by atoms with E-state index in [9.17, 15) is 4.39 Å². The lowest BCUT2D eigenvalue weighted by Crippen LogP contribution is -2.38. The maximum Gasteiger partial charge on any atom is 0.191 e. The van der Waals surface area contributed by atoms with Crippen LogP contribution in [0.3, 0.4) is 0 Å². The Morgan fingerprint density at radius 3 is 3.04 bits per heavy atom. The van der Waals surface area contributed by atoms with E-state index in [1.54, 1.807) is 25.5 Å². The van der Waals surface area contributed by atoms with E-state index in [0.717, 1.165) is 35.3 Å². The largest absolute Gasteiger partial charge is 0.361 e. The molecule has 2 aromatic heterocycles. The Kier molecular flexibility index (Phi) is 5.27. The smallest absolute Gasteiger partial charge is 0.191 e. The van der Waals surface area contributed by atoms with Gasteiger partial charge in [0.1, 0.15) is 12.1 Å². The van der Waals surface area contributed by atoms with Gasteiger partial charge in [0.05, 0.1) is 6.54 Å². The van der Waals surface area contributed by atoms with Gasteiger partial charge < -0.3 is 20.2 Å². The Labute approximate surface area is 145 Å². The molecule has 0 saturated carbocycles. The van der Waals surface area contributed by atoms with E-state index in [4.69, 9.17) is 0 Å². The van der Waals surface area contributed by atoms with Gasteiger partial charge in [0.25, 0.3) is 0 Å². The molecule has 7 nitrogen and oxygen atoms in total. The average molecular weight is 343 g/mol. The standard InChI is InChI=1S/C17H22FN7/c1-3-25-11-23-24-16(25)10-22-17(19-2)20-7-6-12-9-21-15-5-4-13(18)8-14(12)15/h4-5,8-9,11,21H,3,6-7,10H2,1-2H3,(H2,19,20,22). The minimum absolute atomic E-state index is 0.223.